The van der Waals surface area contributed by atoms with E-state index in [9.17, 15) is 8.42 Å². The van der Waals surface area contributed by atoms with Crippen LogP contribution in [0.4, 0.5) is 5.69 Å². The minimum atomic E-state index is -3.64. The number of anilines is 1. The summed E-state index contributed by atoms with van der Waals surface area (Å²) in [5, 5.41) is 0. The van der Waals surface area contributed by atoms with Crippen LogP contribution < -0.4 is 4.72 Å². The van der Waals surface area contributed by atoms with Crippen molar-refractivity contribution in [1.29, 1.82) is 0 Å². The first kappa shape index (κ1) is 29.0. The topological polar surface area (TPSA) is 49.4 Å². The number of hydrogen-bond donors (Lipinski definition) is 1. The average molecular weight is 467 g/mol. The Kier molecular flexibility index (Phi) is 11.2. The highest BCUT2D eigenvalue weighted by Crippen LogP contribution is 2.39. The Morgan fingerprint density at radius 3 is 1.50 bits per heavy atom. The summed E-state index contributed by atoms with van der Waals surface area (Å²) in [5.41, 5.74) is 3.71. The molecule has 0 bridgehead atoms. The minimum Gasteiger partial charge on any atom is -0.270 e. The molecule has 1 rings (SSSR count). The Balaban J connectivity index is 3.35. The van der Waals surface area contributed by atoms with Crippen molar-refractivity contribution in [3.8, 4) is 0 Å². The molecule has 1 N–H and O–H groups in total. The summed E-state index contributed by atoms with van der Waals surface area (Å²) in [6, 6.07) is 4.28. The molecule has 0 spiro atoms. The van der Waals surface area contributed by atoms with Crippen LogP contribution in [0.3, 0.4) is 0 Å². The van der Waals surface area contributed by atoms with Crippen molar-refractivity contribution in [2.75, 3.05) is 17.8 Å². The van der Waals surface area contributed by atoms with Crippen LogP contribution >= 0.6 is 0 Å². The molecule has 0 atom stereocenters. The Labute approximate surface area is 199 Å². The van der Waals surface area contributed by atoms with Crippen LogP contribution in [0, 0.1) is 6.92 Å². The second kappa shape index (κ2) is 12.4. The zero-order valence-corrected chi connectivity index (χ0v) is 23.2. The van der Waals surface area contributed by atoms with Gasteiger partial charge in [-0.1, -0.05) is 112 Å². The van der Waals surface area contributed by atoms with Crippen LogP contribution in [0.15, 0.2) is 12.1 Å². The largest absolute Gasteiger partial charge is 0.301 e. The average Bonchev–Trinajstić information content (AvgIpc) is 2.65. The van der Waals surface area contributed by atoms with Crippen molar-refractivity contribution in [2.24, 2.45) is 0 Å². The van der Waals surface area contributed by atoms with Crippen LogP contribution in [0.25, 0.3) is 0 Å². The maximum atomic E-state index is 13.7. The summed E-state index contributed by atoms with van der Waals surface area (Å²) in [5.74, 6) is 0. The molecule has 32 heavy (non-hydrogen) atoms. The van der Waals surface area contributed by atoms with E-state index in [1.54, 1.807) is 4.31 Å². The molecule has 0 fully saturated rings. The number of rotatable bonds is 13. The van der Waals surface area contributed by atoms with E-state index in [1.807, 2.05) is 0 Å². The summed E-state index contributed by atoms with van der Waals surface area (Å²) in [6.45, 7) is 20.5. The van der Waals surface area contributed by atoms with Crippen molar-refractivity contribution >= 4 is 15.9 Å². The zero-order valence-electron chi connectivity index (χ0n) is 22.4. The van der Waals surface area contributed by atoms with Gasteiger partial charge in [-0.2, -0.15) is 12.7 Å². The van der Waals surface area contributed by atoms with Gasteiger partial charge in [0.2, 0.25) is 0 Å². The van der Waals surface area contributed by atoms with Gasteiger partial charge in [0.15, 0.2) is 0 Å². The standard InChI is InChI=1S/C27H50N2O2S/c1-10-12-14-16-18-29(19-17-15-13-11-2)32(30,31)28-25-23(26(4,5)6)20-22(3)21-24(25)27(7,8)9/h20-21,28H,10-19H2,1-9H3. The monoisotopic (exact) mass is 466 g/mol. The molecule has 0 amide bonds. The predicted octanol–water partition coefficient (Wildman–Crippen LogP) is 7.71. The molecule has 0 aliphatic carbocycles. The molecule has 0 heterocycles. The third-order valence-electron chi connectivity index (χ3n) is 5.99. The van der Waals surface area contributed by atoms with E-state index in [0.717, 1.165) is 68.2 Å². The van der Waals surface area contributed by atoms with Gasteiger partial charge in [-0.15, -0.1) is 0 Å². The van der Waals surface area contributed by atoms with E-state index in [1.165, 1.54) is 5.56 Å². The molecule has 0 radical (unpaired) electrons. The van der Waals surface area contributed by atoms with E-state index in [-0.39, 0.29) is 10.8 Å². The maximum Gasteiger partial charge on any atom is 0.301 e. The Morgan fingerprint density at radius 2 is 1.16 bits per heavy atom. The van der Waals surface area contributed by atoms with Crippen LogP contribution in [-0.4, -0.2) is 25.8 Å². The van der Waals surface area contributed by atoms with Gasteiger partial charge in [0.25, 0.3) is 0 Å². The van der Waals surface area contributed by atoms with Gasteiger partial charge in [-0.3, -0.25) is 4.72 Å². The third kappa shape index (κ3) is 9.05. The van der Waals surface area contributed by atoms with Gasteiger partial charge in [-0.25, -0.2) is 0 Å². The molecule has 0 aliphatic heterocycles. The second-order valence-electron chi connectivity index (χ2n) is 11.4. The SMILES string of the molecule is CCCCCCN(CCCCCC)S(=O)(=O)Nc1c(C(C)(C)C)cc(C)cc1C(C)(C)C. The van der Waals surface area contributed by atoms with Crippen LogP contribution in [-0.2, 0) is 21.0 Å². The lowest BCUT2D eigenvalue weighted by molar-refractivity contribution is 0.388. The molecule has 0 aliphatic rings. The van der Waals surface area contributed by atoms with Gasteiger partial charge in [0.1, 0.15) is 0 Å². The smallest absolute Gasteiger partial charge is 0.270 e. The van der Waals surface area contributed by atoms with Crippen LogP contribution in [0.2, 0.25) is 0 Å². The number of benzene rings is 1. The number of nitrogens with one attached hydrogen (secondary N) is 1. The minimum absolute atomic E-state index is 0.170. The molecule has 5 heteroatoms. The van der Waals surface area contributed by atoms with Gasteiger partial charge >= 0.3 is 10.2 Å². The summed E-state index contributed by atoms with van der Waals surface area (Å²) in [7, 11) is -3.64. The Morgan fingerprint density at radius 1 is 0.750 bits per heavy atom. The van der Waals surface area contributed by atoms with Gasteiger partial charge < -0.3 is 0 Å². The zero-order chi connectivity index (χ0) is 24.6. The summed E-state index contributed by atoms with van der Waals surface area (Å²) < 4.78 is 32.1. The van der Waals surface area contributed by atoms with Gasteiger partial charge in [-0.05, 0) is 41.7 Å². The first-order valence-electron chi connectivity index (χ1n) is 12.7. The molecule has 186 valence electrons. The number of hydrogen-bond acceptors (Lipinski definition) is 2. The van der Waals surface area contributed by atoms with E-state index < -0.39 is 10.2 Å². The fraction of sp³-hybridized carbons (Fsp3) is 0.778. The van der Waals surface area contributed by atoms with Crippen molar-refractivity contribution in [1.82, 2.24) is 4.31 Å². The first-order valence-corrected chi connectivity index (χ1v) is 14.1. The number of nitrogens with zero attached hydrogens (tertiary/aromatic N) is 1. The molecule has 0 saturated heterocycles. The second-order valence-corrected chi connectivity index (χ2v) is 13.0. The predicted molar refractivity (Wildman–Crippen MR) is 141 cm³/mol. The fourth-order valence-electron chi connectivity index (χ4n) is 4.05. The molecule has 0 aromatic heterocycles. The molecule has 1 aromatic carbocycles. The Hall–Kier alpha value is -1.07. The highest BCUT2D eigenvalue weighted by molar-refractivity contribution is 7.90. The molecular weight excluding hydrogens is 416 g/mol. The molecule has 0 saturated carbocycles. The van der Waals surface area contributed by atoms with Gasteiger partial charge in [0, 0.05) is 13.1 Å². The first-order chi connectivity index (χ1) is 14.7. The van der Waals surface area contributed by atoms with E-state index in [4.69, 9.17) is 0 Å². The van der Waals surface area contributed by atoms with Crippen molar-refractivity contribution in [2.45, 2.75) is 125 Å². The molecule has 0 unspecified atom stereocenters. The quantitative estimate of drug-likeness (QED) is 0.303. The maximum absolute atomic E-state index is 13.7. The Bertz CT molecular complexity index is 755. The number of aryl methyl sites for hydroxylation is 1. The lowest BCUT2D eigenvalue weighted by Gasteiger charge is -2.32. The highest BCUT2D eigenvalue weighted by Gasteiger charge is 2.30. The normalized spacial score (nSPS) is 13.1. The van der Waals surface area contributed by atoms with Crippen molar-refractivity contribution in [3.63, 3.8) is 0 Å². The van der Waals surface area contributed by atoms with E-state index in [2.05, 4.69) is 79.2 Å². The number of unbranched alkanes of at least 4 members (excludes halogenated alkanes) is 6. The van der Waals surface area contributed by atoms with Crippen molar-refractivity contribution in [3.05, 3.63) is 28.8 Å². The highest BCUT2D eigenvalue weighted by atomic mass is 32.2. The van der Waals surface area contributed by atoms with Crippen molar-refractivity contribution < 1.29 is 8.42 Å². The van der Waals surface area contributed by atoms with Crippen LogP contribution in [0.5, 0.6) is 0 Å². The summed E-state index contributed by atoms with van der Waals surface area (Å²) >= 11 is 0. The van der Waals surface area contributed by atoms with E-state index in [0.29, 0.717) is 13.1 Å². The lowest BCUT2D eigenvalue weighted by Crippen LogP contribution is -2.38. The summed E-state index contributed by atoms with van der Waals surface area (Å²) in [4.78, 5) is 0. The molecule has 1 aromatic rings. The molecular formula is C27H50N2O2S. The molecule has 4 nitrogen and oxygen atoms in total. The van der Waals surface area contributed by atoms with E-state index >= 15 is 0 Å². The van der Waals surface area contributed by atoms with Crippen LogP contribution in [0.1, 0.15) is 123 Å². The van der Waals surface area contributed by atoms with Gasteiger partial charge in [0.05, 0.1) is 5.69 Å². The summed E-state index contributed by atoms with van der Waals surface area (Å²) in [6.07, 6.45) is 8.56. The fourth-order valence-corrected chi connectivity index (χ4v) is 5.40. The third-order valence-corrected chi connectivity index (χ3v) is 7.50. The lowest BCUT2D eigenvalue weighted by atomic mass is 9.78.